The third kappa shape index (κ3) is 4.83. The van der Waals surface area contributed by atoms with E-state index in [0.717, 1.165) is 5.56 Å². The summed E-state index contributed by atoms with van der Waals surface area (Å²) in [5, 5.41) is 0. The quantitative estimate of drug-likeness (QED) is 0.515. The molecule has 0 heterocycles. The SMILES string of the molecule is CCOC(C/N=C/c1cccc(OC)c1OC)OCC. The molecular formula is C15H23NO4. The van der Waals surface area contributed by atoms with E-state index < -0.39 is 0 Å². The Labute approximate surface area is 120 Å². The maximum absolute atomic E-state index is 5.43. The van der Waals surface area contributed by atoms with Crippen LogP contribution in [0.15, 0.2) is 23.2 Å². The Bertz CT molecular complexity index is 414. The van der Waals surface area contributed by atoms with Crippen molar-refractivity contribution < 1.29 is 18.9 Å². The summed E-state index contributed by atoms with van der Waals surface area (Å²) in [6.45, 7) is 5.51. The topological polar surface area (TPSA) is 49.3 Å². The van der Waals surface area contributed by atoms with Crippen LogP contribution in [0.4, 0.5) is 0 Å². The molecule has 0 radical (unpaired) electrons. The van der Waals surface area contributed by atoms with Gasteiger partial charge in [-0.1, -0.05) is 6.07 Å². The first-order chi connectivity index (χ1) is 9.76. The van der Waals surface area contributed by atoms with Gasteiger partial charge in [-0.25, -0.2) is 0 Å². The molecule has 5 heteroatoms. The number of hydrogen-bond donors (Lipinski definition) is 0. The number of benzene rings is 1. The maximum atomic E-state index is 5.43. The highest BCUT2D eigenvalue weighted by atomic mass is 16.7. The lowest BCUT2D eigenvalue weighted by Gasteiger charge is -2.14. The molecule has 0 amide bonds. The third-order valence-corrected chi connectivity index (χ3v) is 2.62. The molecule has 0 fully saturated rings. The lowest BCUT2D eigenvalue weighted by Crippen LogP contribution is -2.20. The lowest BCUT2D eigenvalue weighted by molar-refractivity contribution is -0.128. The van der Waals surface area contributed by atoms with Crippen molar-refractivity contribution in [3.05, 3.63) is 23.8 Å². The monoisotopic (exact) mass is 281 g/mol. The number of aliphatic imine (C=N–C) groups is 1. The number of para-hydroxylation sites is 1. The van der Waals surface area contributed by atoms with Crippen molar-refractivity contribution >= 4 is 6.21 Å². The predicted molar refractivity (Wildman–Crippen MR) is 79.0 cm³/mol. The van der Waals surface area contributed by atoms with Gasteiger partial charge in [-0.3, -0.25) is 4.99 Å². The Morgan fingerprint density at radius 3 is 2.35 bits per heavy atom. The molecule has 1 aromatic carbocycles. The lowest BCUT2D eigenvalue weighted by atomic mass is 10.2. The van der Waals surface area contributed by atoms with Crippen molar-refractivity contribution in [1.29, 1.82) is 0 Å². The second-order valence-electron chi connectivity index (χ2n) is 3.92. The van der Waals surface area contributed by atoms with E-state index in [1.54, 1.807) is 20.4 Å². The minimum Gasteiger partial charge on any atom is -0.493 e. The van der Waals surface area contributed by atoms with Gasteiger partial charge in [-0.05, 0) is 26.0 Å². The second kappa shape index (κ2) is 9.34. The maximum Gasteiger partial charge on any atom is 0.176 e. The molecule has 1 aromatic rings. The molecule has 0 aliphatic rings. The zero-order valence-corrected chi connectivity index (χ0v) is 12.6. The van der Waals surface area contributed by atoms with Crippen LogP contribution in [-0.2, 0) is 9.47 Å². The summed E-state index contributed by atoms with van der Waals surface area (Å²) in [5.74, 6) is 1.35. The van der Waals surface area contributed by atoms with Gasteiger partial charge in [0.05, 0.1) is 20.8 Å². The van der Waals surface area contributed by atoms with Gasteiger partial charge in [0.25, 0.3) is 0 Å². The van der Waals surface area contributed by atoms with E-state index in [4.69, 9.17) is 18.9 Å². The van der Waals surface area contributed by atoms with E-state index in [9.17, 15) is 0 Å². The van der Waals surface area contributed by atoms with Gasteiger partial charge < -0.3 is 18.9 Å². The van der Waals surface area contributed by atoms with Gasteiger partial charge in [0.1, 0.15) is 0 Å². The molecule has 0 aliphatic carbocycles. The Hall–Kier alpha value is -1.59. The van der Waals surface area contributed by atoms with Crippen molar-refractivity contribution in [3.63, 3.8) is 0 Å². The smallest absolute Gasteiger partial charge is 0.176 e. The molecule has 0 saturated heterocycles. The van der Waals surface area contributed by atoms with Gasteiger partial charge in [0.15, 0.2) is 17.8 Å². The number of hydrogen-bond acceptors (Lipinski definition) is 5. The molecule has 0 atom stereocenters. The first kappa shape index (κ1) is 16.5. The normalized spacial score (nSPS) is 11.2. The first-order valence-electron chi connectivity index (χ1n) is 6.70. The van der Waals surface area contributed by atoms with Gasteiger partial charge in [-0.2, -0.15) is 0 Å². The molecule has 0 N–H and O–H groups in total. The van der Waals surface area contributed by atoms with E-state index >= 15 is 0 Å². The van der Waals surface area contributed by atoms with Gasteiger partial charge in [-0.15, -0.1) is 0 Å². The highest BCUT2D eigenvalue weighted by Gasteiger charge is 2.08. The average molecular weight is 281 g/mol. The minimum absolute atomic E-state index is 0.308. The van der Waals surface area contributed by atoms with Crippen LogP contribution in [0.25, 0.3) is 0 Å². The fourth-order valence-corrected chi connectivity index (χ4v) is 1.78. The van der Waals surface area contributed by atoms with E-state index in [1.807, 2.05) is 32.0 Å². The van der Waals surface area contributed by atoms with E-state index in [1.165, 1.54) is 0 Å². The van der Waals surface area contributed by atoms with Gasteiger partial charge >= 0.3 is 0 Å². The van der Waals surface area contributed by atoms with Crippen molar-refractivity contribution in [2.75, 3.05) is 34.0 Å². The van der Waals surface area contributed by atoms with Crippen LogP contribution in [0.1, 0.15) is 19.4 Å². The van der Waals surface area contributed by atoms with Crippen LogP contribution >= 0.6 is 0 Å². The Morgan fingerprint density at radius 2 is 1.80 bits per heavy atom. The summed E-state index contributed by atoms with van der Waals surface area (Å²) in [4.78, 5) is 4.35. The van der Waals surface area contributed by atoms with Crippen molar-refractivity contribution in [2.24, 2.45) is 4.99 Å². The van der Waals surface area contributed by atoms with Crippen LogP contribution in [0.5, 0.6) is 11.5 Å². The molecule has 1 rings (SSSR count). The summed E-state index contributed by atoms with van der Waals surface area (Å²) in [6.07, 6.45) is 1.43. The van der Waals surface area contributed by atoms with Crippen LogP contribution in [-0.4, -0.2) is 46.5 Å². The summed E-state index contributed by atoms with van der Waals surface area (Å²) in [6, 6.07) is 5.66. The molecule has 0 aliphatic heterocycles. The fourth-order valence-electron chi connectivity index (χ4n) is 1.78. The molecule has 0 aromatic heterocycles. The molecule has 0 saturated carbocycles. The van der Waals surface area contributed by atoms with Crippen molar-refractivity contribution in [2.45, 2.75) is 20.1 Å². The van der Waals surface area contributed by atoms with Crippen LogP contribution in [0, 0.1) is 0 Å². The predicted octanol–water partition coefficient (Wildman–Crippen LogP) is 2.52. The van der Waals surface area contributed by atoms with Crippen LogP contribution in [0.3, 0.4) is 0 Å². The van der Waals surface area contributed by atoms with Gasteiger partial charge in [0.2, 0.25) is 0 Å². The minimum atomic E-state index is -0.308. The summed E-state index contributed by atoms with van der Waals surface area (Å²) < 4.78 is 21.4. The summed E-state index contributed by atoms with van der Waals surface area (Å²) in [5.41, 5.74) is 0.860. The Morgan fingerprint density at radius 1 is 1.10 bits per heavy atom. The van der Waals surface area contributed by atoms with E-state index in [0.29, 0.717) is 31.3 Å². The zero-order valence-electron chi connectivity index (χ0n) is 12.6. The largest absolute Gasteiger partial charge is 0.493 e. The molecule has 0 spiro atoms. The molecular weight excluding hydrogens is 258 g/mol. The number of rotatable bonds is 9. The van der Waals surface area contributed by atoms with Crippen molar-refractivity contribution in [3.8, 4) is 11.5 Å². The number of ether oxygens (including phenoxy) is 4. The number of methoxy groups -OCH3 is 2. The van der Waals surface area contributed by atoms with E-state index in [2.05, 4.69) is 4.99 Å². The van der Waals surface area contributed by atoms with E-state index in [-0.39, 0.29) is 6.29 Å². The number of nitrogens with zero attached hydrogens (tertiary/aromatic N) is 1. The second-order valence-corrected chi connectivity index (χ2v) is 3.92. The van der Waals surface area contributed by atoms with Crippen molar-refractivity contribution in [1.82, 2.24) is 0 Å². The Kier molecular flexibility index (Phi) is 7.69. The first-order valence-corrected chi connectivity index (χ1v) is 6.70. The standard InChI is InChI=1S/C15H23NO4/c1-5-19-14(20-6-2)11-16-10-12-8-7-9-13(17-3)15(12)18-4/h7-10,14H,5-6,11H2,1-4H3/b16-10+. The average Bonchev–Trinajstić information content (AvgIpc) is 2.47. The van der Waals surface area contributed by atoms with Gasteiger partial charge in [0, 0.05) is 25.0 Å². The fraction of sp³-hybridized carbons (Fsp3) is 0.533. The molecule has 5 nitrogen and oxygen atoms in total. The van der Waals surface area contributed by atoms with Crippen LogP contribution < -0.4 is 9.47 Å². The Balaban J connectivity index is 2.74. The molecule has 0 bridgehead atoms. The molecule has 112 valence electrons. The molecule has 20 heavy (non-hydrogen) atoms. The third-order valence-electron chi connectivity index (χ3n) is 2.62. The van der Waals surface area contributed by atoms with Crippen LogP contribution in [0.2, 0.25) is 0 Å². The summed E-state index contributed by atoms with van der Waals surface area (Å²) in [7, 11) is 3.22. The molecule has 0 unspecified atom stereocenters. The highest BCUT2D eigenvalue weighted by Crippen LogP contribution is 2.29. The zero-order chi connectivity index (χ0) is 14.8. The highest BCUT2D eigenvalue weighted by molar-refractivity contribution is 5.85. The summed E-state index contributed by atoms with van der Waals surface area (Å²) >= 11 is 0.